The largest absolute Gasteiger partial charge is 0.481 e. The van der Waals surface area contributed by atoms with E-state index >= 15 is 0 Å². The molecule has 0 aliphatic heterocycles. The molecule has 0 aromatic rings. The van der Waals surface area contributed by atoms with Crippen molar-refractivity contribution in [3.63, 3.8) is 0 Å². The Morgan fingerprint density at radius 1 is 1.58 bits per heavy atom. The van der Waals surface area contributed by atoms with Crippen molar-refractivity contribution in [1.29, 1.82) is 0 Å². The van der Waals surface area contributed by atoms with Crippen LogP contribution in [0.5, 0.6) is 0 Å². The molecule has 0 bridgehead atoms. The fraction of sp³-hybridized carbons (Fsp3) is 0.857. The number of carbonyl (C=O) groups is 1. The van der Waals surface area contributed by atoms with Gasteiger partial charge in [0.15, 0.2) is 0 Å². The normalized spacial score (nSPS) is 12.1. The number of hydrogen-bond acceptors (Lipinski definition) is 2. The van der Waals surface area contributed by atoms with E-state index < -0.39 is 18.0 Å². The van der Waals surface area contributed by atoms with Crippen LogP contribution in [0.15, 0.2) is 0 Å². The van der Waals surface area contributed by atoms with Gasteiger partial charge in [0, 0.05) is 0 Å². The van der Waals surface area contributed by atoms with Crippen LogP contribution >= 0.6 is 0 Å². The van der Waals surface area contributed by atoms with E-state index in [1.807, 2.05) is 0 Å². The molecule has 5 heteroatoms. The van der Waals surface area contributed by atoms with Crippen molar-refractivity contribution in [1.82, 2.24) is 0 Å². The summed E-state index contributed by atoms with van der Waals surface area (Å²) in [5, 5.41) is 8.56. The average molecular weight is 182 g/mol. The predicted molar refractivity (Wildman–Crippen MR) is 38.0 cm³/mol. The van der Waals surface area contributed by atoms with Crippen LogP contribution < -0.4 is 0 Å². The molecule has 3 nitrogen and oxygen atoms in total. The maximum Gasteiger partial charge on any atom is 0.345 e. The Kier molecular flexibility index (Phi) is 4.09. The summed E-state index contributed by atoms with van der Waals surface area (Å²) in [6.07, 6.45) is 0.0761. The first-order chi connectivity index (χ1) is 5.36. The molecule has 0 radical (unpaired) electrons. The molecule has 0 aliphatic carbocycles. The minimum Gasteiger partial charge on any atom is -0.481 e. The number of halogens is 2. The van der Waals surface area contributed by atoms with Gasteiger partial charge >= 0.3 is 12.6 Å². The molecule has 0 aliphatic rings. The van der Waals surface area contributed by atoms with E-state index in [2.05, 4.69) is 4.74 Å². The van der Waals surface area contributed by atoms with Gasteiger partial charge in [0.1, 0.15) is 0 Å². The van der Waals surface area contributed by atoms with Crippen LogP contribution in [0.1, 0.15) is 20.3 Å². The monoisotopic (exact) mass is 182 g/mol. The lowest BCUT2D eigenvalue weighted by Crippen LogP contribution is -2.25. The smallest absolute Gasteiger partial charge is 0.345 e. The Morgan fingerprint density at radius 3 is 2.42 bits per heavy atom. The summed E-state index contributed by atoms with van der Waals surface area (Å²) in [7, 11) is 0. The highest BCUT2D eigenvalue weighted by Gasteiger charge is 2.26. The second-order valence-electron chi connectivity index (χ2n) is 3.07. The van der Waals surface area contributed by atoms with Crippen molar-refractivity contribution in [2.75, 3.05) is 6.61 Å². The number of hydrogen-bond donors (Lipinski definition) is 1. The summed E-state index contributed by atoms with van der Waals surface area (Å²) in [5.41, 5.74) is -1.01. The standard InChI is InChI=1S/C7H12F2O3/c1-7(2,5(10)11)3-4-12-6(8)9/h6H,3-4H2,1-2H3,(H,10,11). The molecule has 0 unspecified atom stereocenters. The van der Waals surface area contributed by atoms with Crippen molar-refractivity contribution >= 4 is 5.97 Å². The van der Waals surface area contributed by atoms with E-state index in [9.17, 15) is 13.6 Å². The van der Waals surface area contributed by atoms with E-state index in [4.69, 9.17) is 5.11 Å². The first-order valence-electron chi connectivity index (χ1n) is 3.49. The SMILES string of the molecule is CC(C)(CCOC(F)F)C(=O)O. The van der Waals surface area contributed by atoms with Gasteiger partial charge in [0.05, 0.1) is 12.0 Å². The van der Waals surface area contributed by atoms with Crippen molar-refractivity contribution in [2.24, 2.45) is 5.41 Å². The van der Waals surface area contributed by atoms with E-state index in [0.29, 0.717) is 0 Å². The van der Waals surface area contributed by atoms with Crippen LogP contribution in [-0.2, 0) is 9.53 Å². The van der Waals surface area contributed by atoms with Crippen LogP contribution in [0.25, 0.3) is 0 Å². The third kappa shape index (κ3) is 4.23. The Hall–Kier alpha value is -0.710. The van der Waals surface area contributed by atoms with Gasteiger partial charge < -0.3 is 9.84 Å². The number of rotatable bonds is 5. The molecule has 0 heterocycles. The van der Waals surface area contributed by atoms with Crippen LogP contribution in [0.4, 0.5) is 8.78 Å². The lowest BCUT2D eigenvalue weighted by atomic mass is 9.90. The van der Waals surface area contributed by atoms with E-state index in [0.717, 1.165) is 0 Å². The molecular formula is C7H12F2O3. The Labute approximate surface area is 69.3 Å². The molecule has 12 heavy (non-hydrogen) atoms. The third-order valence-corrected chi connectivity index (χ3v) is 1.55. The van der Waals surface area contributed by atoms with E-state index in [1.165, 1.54) is 13.8 Å². The molecule has 0 amide bonds. The molecular weight excluding hydrogens is 170 g/mol. The van der Waals surface area contributed by atoms with Gasteiger partial charge in [0.25, 0.3) is 0 Å². The Balaban J connectivity index is 3.69. The van der Waals surface area contributed by atoms with Gasteiger partial charge in [0.2, 0.25) is 0 Å². The third-order valence-electron chi connectivity index (χ3n) is 1.55. The summed E-state index contributed by atoms with van der Waals surface area (Å²) in [6.45, 7) is -0.139. The molecule has 0 saturated heterocycles. The van der Waals surface area contributed by atoms with Gasteiger partial charge in [-0.3, -0.25) is 4.79 Å². The maximum atomic E-state index is 11.4. The predicted octanol–water partition coefficient (Wildman–Crippen LogP) is 1.73. The summed E-state index contributed by atoms with van der Waals surface area (Å²) < 4.78 is 26.8. The van der Waals surface area contributed by atoms with Crippen LogP contribution in [0.3, 0.4) is 0 Å². The molecule has 0 atom stereocenters. The highest BCUT2D eigenvalue weighted by molar-refractivity contribution is 5.73. The minimum absolute atomic E-state index is 0.0761. The number of carboxylic acids is 1. The highest BCUT2D eigenvalue weighted by atomic mass is 19.3. The van der Waals surface area contributed by atoms with Gasteiger partial charge in [-0.25, -0.2) is 0 Å². The van der Waals surface area contributed by atoms with Crippen molar-refractivity contribution < 1.29 is 23.4 Å². The Morgan fingerprint density at radius 2 is 2.08 bits per heavy atom. The lowest BCUT2D eigenvalue weighted by molar-refractivity contribution is -0.154. The first kappa shape index (κ1) is 11.3. The topological polar surface area (TPSA) is 46.5 Å². The zero-order chi connectivity index (χ0) is 9.78. The fourth-order valence-corrected chi connectivity index (χ4v) is 0.510. The molecule has 0 fully saturated rings. The Bertz CT molecular complexity index is 157. The molecule has 0 rings (SSSR count). The second-order valence-corrected chi connectivity index (χ2v) is 3.07. The van der Waals surface area contributed by atoms with Crippen molar-refractivity contribution in [3.05, 3.63) is 0 Å². The molecule has 0 aromatic carbocycles. The van der Waals surface area contributed by atoms with Gasteiger partial charge in [-0.15, -0.1) is 0 Å². The molecule has 72 valence electrons. The van der Waals surface area contributed by atoms with Crippen LogP contribution in [0.2, 0.25) is 0 Å². The van der Waals surface area contributed by atoms with Crippen LogP contribution in [0, 0.1) is 5.41 Å². The van der Waals surface area contributed by atoms with Crippen molar-refractivity contribution in [2.45, 2.75) is 26.9 Å². The number of alkyl halides is 2. The maximum absolute atomic E-state index is 11.4. The van der Waals surface area contributed by atoms with E-state index in [1.54, 1.807) is 0 Å². The van der Waals surface area contributed by atoms with E-state index in [-0.39, 0.29) is 13.0 Å². The summed E-state index contributed by atoms with van der Waals surface area (Å²) in [4.78, 5) is 10.5. The van der Waals surface area contributed by atoms with Crippen LogP contribution in [-0.4, -0.2) is 24.3 Å². The quantitative estimate of drug-likeness (QED) is 0.704. The zero-order valence-corrected chi connectivity index (χ0v) is 7.01. The zero-order valence-electron chi connectivity index (χ0n) is 7.01. The summed E-state index contributed by atoms with van der Waals surface area (Å²) in [6, 6.07) is 0. The molecule has 0 saturated carbocycles. The average Bonchev–Trinajstić information content (AvgIpc) is 1.85. The van der Waals surface area contributed by atoms with Gasteiger partial charge in [-0.1, -0.05) is 0 Å². The number of ether oxygens (including phenoxy) is 1. The van der Waals surface area contributed by atoms with Gasteiger partial charge in [-0.2, -0.15) is 8.78 Å². The fourth-order valence-electron chi connectivity index (χ4n) is 0.510. The minimum atomic E-state index is -2.82. The lowest BCUT2D eigenvalue weighted by Gasteiger charge is -2.18. The highest BCUT2D eigenvalue weighted by Crippen LogP contribution is 2.20. The molecule has 1 N–H and O–H groups in total. The second kappa shape index (κ2) is 4.35. The molecule has 0 spiro atoms. The molecule has 0 aromatic heterocycles. The first-order valence-corrected chi connectivity index (χ1v) is 3.49. The number of carboxylic acid groups (broad SMARTS) is 1. The number of aliphatic carboxylic acids is 1. The van der Waals surface area contributed by atoms with Gasteiger partial charge in [-0.05, 0) is 20.3 Å². The summed E-state index contributed by atoms with van der Waals surface area (Å²) in [5.74, 6) is -1.01. The summed E-state index contributed by atoms with van der Waals surface area (Å²) >= 11 is 0. The van der Waals surface area contributed by atoms with Crippen molar-refractivity contribution in [3.8, 4) is 0 Å².